The molecule has 2 aromatic heterocycles. The fraction of sp³-hybridized carbons (Fsp3) is 0. The maximum atomic E-state index is 11.8. The van der Waals surface area contributed by atoms with Crippen LogP contribution in [-0.2, 0) is 20.2 Å². The predicted molar refractivity (Wildman–Crippen MR) is 124 cm³/mol. The predicted octanol–water partition coefficient (Wildman–Crippen LogP) is -2.07. The first-order valence-electron chi connectivity index (χ1n) is 9.93. The monoisotopic (exact) mass is 536 g/mol. The zero-order chi connectivity index (χ0) is 24.1. The van der Waals surface area contributed by atoms with Crippen molar-refractivity contribution in [2.45, 2.75) is 9.79 Å². The van der Waals surface area contributed by atoms with Gasteiger partial charge in [0.05, 0.1) is 20.8 Å². The van der Waals surface area contributed by atoms with Gasteiger partial charge in [-0.1, -0.05) is 48.5 Å². The van der Waals surface area contributed by atoms with Gasteiger partial charge in [0.15, 0.2) is 0 Å². The van der Waals surface area contributed by atoms with E-state index in [1.54, 1.807) is 48.5 Å². The van der Waals surface area contributed by atoms with Crippen molar-refractivity contribution >= 4 is 42.0 Å². The van der Waals surface area contributed by atoms with E-state index in [1.165, 1.54) is 36.7 Å². The van der Waals surface area contributed by atoms with Crippen molar-refractivity contribution in [2.75, 3.05) is 0 Å². The molecule has 0 N–H and O–H groups in total. The smallest absolute Gasteiger partial charge is 0.744 e. The van der Waals surface area contributed by atoms with Crippen molar-refractivity contribution < 1.29 is 85.1 Å². The Kier molecular flexibility index (Phi) is 8.79. The third-order valence-corrected chi connectivity index (χ3v) is 7.30. The van der Waals surface area contributed by atoms with Gasteiger partial charge in [0.1, 0.15) is 20.2 Å². The molecule has 0 atom stereocenters. The molecule has 12 heteroatoms. The molecule has 2 heterocycles. The van der Waals surface area contributed by atoms with Crippen molar-refractivity contribution in [1.82, 2.24) is 9.97 Å². The molecule has 0 saturated heterocycles. The van der Waals surface area contributed by atoms with Gasteiger partial charge >= 0.3 is 59.1 Å². The molecule has 36 heavy (non-hydrogen) atoms. The quantitative estimate of drug-likeness (QED) is 0.145. The minimum atomic E-state index is -4.73. The molecule has 3 aromatic carbocycles. The summed E-state index contributed by atoms with van der Waals surface area (Å²) in [5, 5.41) is 1.11. The molecule has 5 rings (SSSR count). The summed E-state index contributed by atoms with van der Waals surface area (Å²) in [6.07, 6.45) is 2.96. The second-order valence-electron chi connectivity index (χ2n) is 7.48. The van der Waals surface area contributed by atoms with Crippen LogP contribution >= 0.6 is 0 Å². The molecule has 8 nitrogen and oxygen atoms in total. The summed E-state index contributed by atoms with van der Waals surface area (Å²) in [6.45, 7) is 0. The van der Waals surface area contributed by atoms with Crippen LogP contribution in [0.5, 0.6) is 0 Å². The maximum absolute atomic E-state index is 11.8. The molecule has 0 fully saturated rings. The van der Waals surface area contributed by atoms with Gasteiger partial charge in [-0.2, -0.15) is 0 Å². The third-order valence-electron chi connectivity index (χ3n) is 5.51. The Balaban J connectivity index is 0.00000180. The SMILES string of the molecule is O=S(=O)([O-])c1ccccc1-c1ccnc2c1ccc1c(-c3ccccc3S(=O)(=O)[O-])ccnc12.[Na+].[Na+]. The molecule has 5 aromatic rings. The average molecular weight is 536 g/mol. The van der Waals surface area contributed by atoms with E-state index in [0.717, 1.165) is 0 Å². The standard InChI is InChI=1S/C24H16N2O6S2.2Na/c27-33(28,29)21-7-3-1-5-17(21)15-11-13-25-23-19(15)9-10-20-16(12-14-26-24(20)23)18-6-2-4-8-22(18)34(30,31)32;;/h1-14H,(H,27,28,29)(H,30,31,32);;/q;2*+1/p-2. The number of pyridine rings is 2. The molecule has 0 saturated carbocycles. The molecule has 0 aliphatic carbocycles. The van der Waals surface area contributed by atoms with Crippen LogP contribution in [0.4, 0.5) is 0 Å². The number of rotatable bonds is 4. The van der Waals surface area contributed by atoms with Crippen LogP contribution in [0.15, 0.2) is 95.0 Å². The van der Waals surface area contributed by atoms with Crippen LogP contribution in [0.3, 0.4) is 0 Å². The molecule has 0 aliphatic heterocycles. The van der Waals surface area contributed by atoms with E-state index in [9.17, 15) is 25.9 Å². The van der Waals surface area contributed by atoms with Gasteiger partial charge in [0.25, 0.3) is 0 Å². The fourth-order valence-electron chi connectivity index (χ4n) is 4.11. The van der Waals surface area contributed by atoms with Crippen molar-refractivity contribution in [1.29, 1.82) is 0 Å². The van der Waals surface area contributed by atoms with E-state index in [1.807, 2.05) is 0 Å². The fourth-order valence-corrected chi connectivity index (χ4v) is 5.50. The van der Waals surface area contributed by atoms with Gasteiger partial charge in [-0.05, 0) is 46.5 Å². The van der Waals surface area contributed by atoms with Gasteiger partial charge in [0.2, 0.25) is 0 Å². The first-order valence-corrected chi connectivity index (χ1v) is 12.7. The second-order valence-corrected chi connectivity index (χ2v) is 10.2. The van der Waals surface area contributed by atoms with Gasteiger partial charge < -0.3 is 9.11 Å². The Morgan fingerprint density at radius 2 is 0.861 bits per heavy atom. The van der Waals surface area contributed by atoms with Gasteiger partial charge in [-0.25, -0.2) is 16.8 Å². The molecule has 0 radical (unpaired) electrons. The van der Waals surface area contributed by atoms with Crippen molar-refractivity contribution in [2.24, 2.45) is 0 Å². The molecule has 170 valence electrons. The minimum absolute atomic E-state index is 0. The third kappa shape index (κ3) is 5.30. The summed E-state index contributed by atoms with van der Waals surface area (Å²) in [5.41, 5.74) is 2.30. The molecule has 0 unspecified atom stereocenters. The Labute approximate surface area is 251 Å². The van der Waals surface area contributed by atoms with Crippen LogP contribution < -0.4 is 59.1 Å². The maximum Gasteiger partial charge on any atom is 1.00 e. The van der Waals surface area contributed by atoms with E-state index >= 15 is 0 Å². The number of nitrogens with zero attached hydrogens (tertiary/aromatic N) is 2. The van der Waals surface area contributed by atoms with Crippen molar-refractivity contribution in [3.63, 3.8) is 0 Å². The zero-order valence-corrected chi connectivity index (χ0v) is 24.9. The molecular weight excluding hydrogens is 522 g/mol. The Hall–Kier alpha value is -1.70. The summed E-state index contributed by atoms with van der Waals surface area (Å²) in [5.74, 6) is 0. The van der Waals surface area contributed by atoms with Crippen LogP contribution in [-0.4, -0.2) is 35.9 Å². The van der Waals surface area contributed by atoms with Crippen LogP contribution in [0.2, 0.25) is 0 Å². The van der Waals surface area contributed by atoms with Gasteiger partial charge in [-0.3, -0.25) is 9.97 Å². The first-order chi connectivity index (χ1) is 16.2. The summed E-state index contributed by atoms with van der Waals surface area (Å²) in [6, 6.07) is 18.4. The number of fused-ring (bicyclic) bond motifs is 3. The number of benzene rings is 3. The number of hydrogen-bond acceptors (Lipinski definition) is 8. The second kappa shape index (κ2) is 11.0. The molecule has 0 bridgehead atoms. The normalized spacial score (nSPS) is 11.6. The summed E-state index contributed by atoms with van der Waals surface area (Å²) in [4.78, 5) is 8.15. The summed E-state index contributed by atoms with van der Waals surface area (Å²) < 4.78 is 71.0. The molecule has 0 spiro atoms. The van der Waals surface area contributed by atoms with E-state index < -0.39 is 20.2 Å². The van der Waals surface area contributed by atoms with Crippen LogP contribution in [0.25, 0.3) is 44.1 Å². The molecular formula is C24H14N2Na2O6S2. The topological polar surface area (TPSA) is 140 Å². The van der Waals surface area contributed by atoms with E-state index in [0.29, 0.717) is 32.9 Å². The number of hydrogen-bond donors (Lipinski definition) is 0. The Morgan fingerprint density at radius 3 is 1.22 bits per heavy atom. The van der Waals surface area contributed by atoms with Crippen molar-refractivity contribution in [3.8, 4) is 22.3 Å². The molecule has 0 aliphatic rings. The summed E-state index contributed by atoms with van der Waals surface area (Å²) in [7, 11) is -9.45. The van der Waals surface area contributed by atoms with Crippen molar-refractivity contribution in [3.05, 3.63) is 85.2 Å². The zero-order valence-electron chi connectivity index (χ0n) is 19.2. The van der Waals surface area contributed by atoms with Gasteiger partial charge in [0, 0.05) is 23.2 Å². The van der Waals surface area contributed by atoms with Crippen LogP contribution in [0.1, 0.15) is 0 Å². The summed E-state index contributed by atoms with van der Waals surface area (Å²) >= 11 is 0. The number of aromatic nitrogens is 2. The van der Waals surface area contributed by atoms with E-state index in [4.69, 9.17) is 0 Å². The van der Waals surface area contributed by atoms with Crippen LogP contribution in [0, 0.1) is 0 Å². The molecule has 0 amide bonds. The Morgan fingerprint density at radius 1 is 0.500 bits per heavy atom. The first kappa shape index (κ1) is 28.9. The largest absolute Gasteiger partial charge is 1.00 e. The Bertz CT molecular complexity index is 1690. The van der Waals surface area contributed by atoms with E-state index in [2.05, 4.69) is 9.97 Å². The van der Waals surface area contributed by atoms with E-state index in [-0.39, 0.29) is 80.0 Å². The van der Waals surface area contributed by atoms with Gasteiger partial charge in [-0.15, -0.1) is 0 Å². The minimum Gasteiger partial charge on any atom is -0.744 e. The average Bonchev–Trinajstić information content (AvgIpc) is 2.82.